The second-order valence-electron chi connectivity index (χ2n) is 3.60. The number of anilines is 1. The van der Waals surface area contributed by atoms with Crippen molar-refractivity contribution in [1.29, 1.82) is 0 Å². The van der Waals surface area contributed by atoms with Gasteiger partial charge in [-0.25, -0.2) is 4.98 Å². The van der Waals surface area contributed by atoms with Crippen LogP contribution in [-0.4, -0.2) is 21.8 Å². The van der Waals surface area contributed by atoms with E-state index in [1.54, 1.807) is 13.0 Å². The molecule has 0 atom stereocenters. The molecule has 1 aromatic rings. The zero-order valence-corrected chi connectivity index (χ0v) is 10.2. The van der Waals surface area contributed by atoms with Gasteiger partial charge >= 0.3 is 0 Å². The first-order valence-corrected chi connectivity index (χ1v) is 5.37. The second-order valence-corrected chi connectivity index (χ2v) is 3.96. The van der Waals surface area contributed by atoms with Gasteiger partial charge in [0.25, 0.3) is 11.8 Å². The van der Waals surface area contributed by atoms with Crippen molar-refractivity contribution >= 4 is 29.2 Å². The lowest BCUT2D eigenvalue weighted by atomic mass is 10.3. The minimum absolute atomic E-state index is 0.131. The highest BCUT2D eigenvalue weighted by Gasteiger charge is 2.28. The van der Waals surface area contributed by atoms with Crippen LogP contribution in [0, 0.1) is 12.3 Å². The topological polar surface area (TPSA) is 62.3 Å². The number of carbonyl (C=O) groups is 2. The van der Waals surface area contributed by atoms with Crippen LogP contribution in [0.4, 0.5) is 5.82 Å². The van der Waals surface area contributed by atoms with Crippen LogP contribution in [0.1, 0.15) is 12.5 Å². The highest BCUT2D eigenvalue weighted by atomic mass is 35.5. The van der Waals surface area contributed by atoms with Crippen molar-refractivity contribution in [3.05, 3.63) is 34.5 Å². The predicted octanol–water partition coefficient (Wildman–Crippen LogP) is 1.36. The summed E-state index contributed by atoms with van der Waals surface area (Å²) in [5, 5.41) is 0.995. The molecular formula is C12H8ClN3O2. The molecule has 0 aliphatic carbocycles. The van der Waals surface area contributed by atoms with Crippen LogP contribution < -0.4 is 5.43 Å². The Labute approximate surface area is 108 Å². The zero-order valence-electron chi connectivity index (χ0n) is 9.40. The van der Waals surface area contributed by atoms with Crippen molar-refractivity contribution in [2.45, 2.75) is 6.92 Å². The molecule has 0 saturated heterocycles. The largest absolute Gasteiger partial charge is 0.275 e. The SMILES string of the molecule is C#Cc1ccc(NN2C(=O)C=C(C)C2=O)nc1Cl. The van der Waals surface area contributed by atoms with Gasteiger partial charge in [-0.3, -0.25) is 15.0 Å². The van der Waals surface area contributed by atoms with Crippen LogP contribution >= 0.6 is 11.6 Å². The minimum atomic E-state index is -0.448. The van der Waals surface area contributed by atoms with Crippen molar-refractivity contribution in [3.8, 4) is 12.3 Å². The van der Waals surface area contributed by atoms with E-state index in [1.807, 2.05) is 0 Å². The van der Waals surface area contributed by atoms with E-state index in [1.165, 1.54) is 12.1 Å². The Bertz CT molecular complexity index is 616. The molecule has 2 amide bonds. The van der Waals surface area contributed by atoms with E-state index in [0.29, 0.717) is 11.1 Å². The van der Waals surface area contributed by atoms with Crippen LogP contribution in [0.5, 0.6) is 0 Å². The number of hydrazine groups is 1. The summed E-state index contributed by atoms with van der Waals surface area (Å²) in [4.78, 5) is 27.0. The molecule has 1 aliphatic heterocycles. The maximum absolute atomic E-state index is 11.6. The molecule has 5 nitrogen and oxygen atoms in total. The summed E-state index contributed by atoms with van der Waals surface area (Å²) in [5.74, 6) is 1.76. The lowest BCUT2D eigenvalue weighted by Crippen LogP contribution is -2.36. The summed E-state index contributed by atoms with van der Waals surface area (Å²) < 4.78 is 0. The molecular weight excluding hydrogens is 254 g/mol. The Balaban J connectivity index is 2.22. The molecule has 0 spiro atoms. The first-order valence-electron chi connectivity index (χ1n) is 4.99. The van der Waals surface area contributed by atoms with Crippen LogP contribution in [0.25, 0.3) is 0 Å². The van der Waals surface area contributed by atoms with Crippen molar-refractivity contribution < 1.29 is 9.59 Å². The first-order chi connectivity index (χ1) is 8.52. The molecule has 0 aromatic carbocycles. The molecule has 0 bridgehead atoms. The van der Waals surface area contributed by atoms with E-state index >= 15 is 0 Å². The fourth-order valence-corrected chi connectivity index (χ4v) is 1.62. The number of halogens is 1. The average Bonchev–Trinajstić information content (AvgIpc) is 2.56. The Hall–Kier alpha value is -2.32. The molecule has 1 N–H and O–H groups in total. The maximum atomic E-state index is 11.6. The van der Waals surface area contributed by atoms with Gasteiger partial charge in [0.2, 0.25) is 0 Å². The number of nitrogens with one attached hydrogen (secondary N) is 1. The van der Waals surface area contributed by atoms with Gasteiger partial charge in [-0.15, -0.1) is 6.42 Å². The van der Waals surface area contributed by atoms with Gasteiger partial charge in [-0.2, -0.15) is 5.01 Å². The third-order valence-electron chi connectivity index (χ3n) is 2.33. The van der Waals surface area contributed by atoms with Crippen molar-refractivity contribution in [2.75, 3.05) is 5.43 Å². The molecule has 0 unspecified atom stereocenters. The average molecular weight is 262 g/mol. The lowest BCUT2D eigenvalue weighted by molar-refractivity contribution is -0.135. The molecule has 1 aromatic heterocycles. The fraction of sp³-hybridized carbons (Fsp3) is 0.0833. The summed E-state index contributed by atoms with van der Waals surface area (Å²) in [6.45, 7) is 1.56. The third-order valence-corrected chi connectivity index (χ3v) is 2.62. The lowest BCUT2D eigenvalue weighted by Gasteiger charge is -2.16. The van der Waals surface area contributed by atoms with Gasteiger partial charge in [0, 0.05) is 11.6 Å². The number of aromatic nitrogens is 1. The number of imide groups is 1. The summed E-state index contributed by atoms with van der Waals surface area (Å²) >= 11 is 5.82. The van der Waals surface area contributed by atoms with E-state index in [4.69, 9.17) is 18.0 Å². The van der Waals surface area contributed by atoms with Crippen molar-refractivity contribution in [1.82, 2.24) is 9.99 Å². The minimum Gasteiger partial charge on any atom is -0.271 e. The quantitative estimate of drug-likeness (QED) is 0.496. The number of pyridine rings is 1. The number of terminal acetylenes is 1. The molecule has 6 heteroatoms. The van der Waals surface area contributed by atoms with Crippen LogP contribution in [0.15, 0.2) is 23.8 Å². The van der Waals surface area contributed by atoms with Gasteiger partial charge in [-0.05, 0) is 19.1 Å². The van der Waals surface area contributed by atoms with E-state index in [0.717, 1.165) is 5.01 Å². The van der Waals surface area contributed by atoms with Gasteiger partial charge in [0.1, 0.15) is 11.0 Å². The highest BCUT2D eigenvalue weighted by molar-refractivity contribution is 6.30. The molecule has 18 heavy (non-hydrogen) atoms. The number of rotatable bonds is 2. The molecule has 2 rings (SSSR count). The molecule has 90 valence electrons. The zero-order chi connectivity index (χ0) is 13.3. The van der Waals surface area contributed by atoms with Gasteiger partial charge < -0.3 is 0 Å². The standard InChI is InChI=1S/C12H8ClN3O2/c1-3-8-4-5-9(14-11(8)13)15-16-10(17)6-7(2)12(16)18/h1,4-6H,2H3,(H,14,15). The molecule has 1 aliphatic rings. The molecule has 0 radical (unpaired) electrons. The van der Waals surface area contributed by atoms with E-state index < -0.39 is 11.8 Å². The summed E-state index contributed by atoms with van der Waals surface area (Å²) in [6, 6.07) is 3.11. The first kappa shape index (κ1) is 12.1. The number of carbonyl (C=O) groups excluding carboxylic acids is 2. The Morgan fingerprint density at radius 2 is 2.17 bits per heavy atom. The van der Waals surface area contributed by atoms with E-state index in [2.05, 4.69) is 16.3 Å². The monoisotopic (exact) mass is 261 g/mol. The van der Waals surface area contributed by atoms with Crippen molar-refractivity contribution in [2.24, 2.45) is 0 Å². The third kappa shape index (κ3) is 2.06. The number of amides is 2. The Morgan fingerprint density at radius 3 is 2.67 bits per heavy atom. The van der Waals surface area contributed by atoms with Crippen LogP contribution in [0.3, 0.4) is 0 Å². The molecule has 2 heterocycles. The van der Waals surface area contributed by atoms with E-state index in [-0.39, 0.29) is 11.0 Å². The van der Waals surface area contributed by atoms with Crippen molar-refractivity contribution in [3.63, 3.8) is 0 Å². The number of hydrogen-bond acceptors (Lipinski definition) is 4. The van der Waals surface area contributed by atoms with Gasteiger partial charge in [-0.1, -0.05) is 17.5 Å². The van der Waals surface area contributed by atoms with Gasteiger partial charge in [0.05, 0.1) is 5.56 Å². The summed E-state index contributed by atoms with van der Waals surface area (Å²) in [7, 11) is 0. The normalized spacial score (nSPS) is 14.5. The van der Waals surface area contributed by atoms with E-state index in [9.17, 15) is 9.59 Å². The summed E-state index contributed by atoms with van der Waals surface area (Å²) in [6.07, 6.45) is 6.45. The number of hydrogen-bond donors (Lipinski definition) is 1. The predicted molar refractivity (Wildman–Crippen MR) is 66.4 cm³/mol. The molecule has 0 fully saturated rings. The van der Waals surface area contributed by atoms with Crippen LogP contribution in [0.2, 0.25) is 5.15 Å². The van der Waals surface area contributed by atoms with Crippen LogP contribution in [-0.2, 0) is 9.59 Å². The number of nitrogens with zero attached hydrogens (tertiary/aromatic N) is 2. The smallest absolute Gasteiger partial charge is 0.271 e. The Morgan fingerprint density at radius 1 is 1.44 bits per heavy atom. The fourth-order valence-electron chi connectivity index (χ4n) is 1.41. The second kappa shape index (κ2) is 4.51. The van der Waals surface area contributed by atoms with Gasteiger partial charge in [0.15, 0.2) is 0 Å². The Kier molecular flexibility index (Phi) is 3.04. The highest BCUT2D eigenvalue weighted by Crippen LogP contribution is 2.18. The molecule has 0 saturated carbocycles. The summed E-state index contributed by atoms with van der Waals surface area (Å²) in [5.41, 5.74) is 3.38. The maximum Gasteiger partial charge on any atom is 0.275 e.